The van der Waals surface area contributed by atoms with Crippen molar-refractivity contribution in [2.75, 3.05) is 6.61 Å². The topological polar surface area (TPSA) is 75.7 Å². The summed E-state index contributed by atoms with van der Waals surface area (Å²) >= 11 is 5.81. The molecule has 22 heavy (non-hydrogen) atoms. The minimum absolute atomic E-state index is 0.0516. The van der Waals surface area contributed by atoms with Crippen LogP contribution in [-0.4, -0.2) is 30.8 Å². The number of hydrogen-bond donors (Lipinski definition) is 0. The molecule has 0 aliphatic heterocycles. The van der Waals surface area contributed by atoms with Crippen molar-refractivity contribution >= 4 is 79.7 Å². The summed E-state index contributed by atoms with van der Waals surface area (Å²) in [7, 11) is 0. The van der Waals surface area contributed by atoms with Gasteiger partial charge in [-0.25, -0.2) is 4.79 Å². The van der Waals surface area contributed by atoms with Gasteiger partial charge >= 0.3 is 11.9 Å². The van der Waals surface area contributed by atoms with Gasteiger partial charge in [0.15, 0.2) is 0 Å². The average molecular weight is 651 g/mol. The van der Waals surface area contributed by atoms with Crippen LogP contribution in [-0.2, 0) is 14.3 Å². The van der Waals surface area contributed by atoms with Crippen LogP contribution in [0, 0.1) is 10.7 Å². The molecule has 0 amide bonds. The Morgan fingerprint density at radius 3 is 2.41 bits per heavy atom. The molecule has 1 atom stereocenters. The van der Waals surface area contributed by atoms with Gasteiger partial charge in [-0.15, -0.1) is 0 Å². The van der Waals surface area contributed by atoms with Gasteiger partial charge in [0.05, 0.1) is 5.56 Å². The van der Waals surface area contributed by atoms with Gasteiger partial charge in [-0.1, -0.05) is 0 Å². The Bertz CT molecular complexity index is 594. The molecule has 1 unspecified atom stereocenters. The van der Waals surface area contributed by atoms with Gasteiger partial charge in [0.2, 0.25) is 0 Å². The Hall–Kier alpha value is 0.170. The summed E-state index contributed by atoms with van der Waals surface area (Å²) < 4.78 is 38.0. The number of rotatable bonds is 6. The van der Waals surface area contributed by atoms with Crippen LogP contribution in [0.1, 0.15) is 17.3 Å². The lowest BCUT2D eigenvalue weighted by atomic mass is 10.2. The molecule has 1 aromatic rings. The summed E-state index contributed by atoms with van der Waals surface area (Å²) in [5.74, 6) is -8.22. The van der Waals surface area contributed by atoms with Gasteiger partial charge in [0.1, 0.15) is 5.97 Å². The minimum Gasteiger partial charge on any atom is -0.544 e. The van der Waals surface area contributed by atoms with Crippen LogP contribution < -0.4 is 5.11 Å². The summed E-state index contributed by atoms with van der Waals surface area (Å²) in [4.78, 5) is 22.6. The molecule has 0 saturated heterocycles. The molecular weight excluding hydrogens is 643 g/mol. The summed E-state index contributed by atoms with van der Waals surface area (Å²) in [6.45, 7) is 1.10. The number of carbonyl (C=O) groups is 2. The molecule has 0 aromatic heterocycles. The number of esters is 1. The van der Waals surface area contributed by atoms with E-state index in [1.807, 2.05) is 67.8 Å². The molecule has 1 aromatic carbocycles. The Balaban J connectivity index is 3.10. The molecule has 10 heteroatoms. The predicted octanol–water partition coefficient (Wildman–Crippen LogP) is 2.41. The number of hydrogen-bond acceptors (Lipinski definition) is 5. The van der Waals surface area contributed by atoms with E-state index in [1.165, 1.54) is 13.0 Å². The highest BCUT2D eigenvalue weighted by molar-refractivity contribution is 14.1. The molecule has 0 N–H and O–H groups in total. The predicted molar refractivity (Wildman–Crippen MR) is 95.4 cm³/mol. The van der Waals surface area contributed by atoms with Crippen molar-refractivity contribution in [2.45, 2.75) is 19.1 Å². The van der Waals surface area contributed by atoms with Crippen LogP contribution in [0.4, 0.5) is 8.78 Å². The van der Waals surface area contributed by atoms with E-state index in [2.05, 4.69) is 9.47 Å². The number of ether oxygens (including phenoxy) is 2. The third-order valence-corrected chi connectivity index (χ3v) is 5.98. The monoisotopic (exact) mass is 651 g/mol. The third kappa shape index (κ3) is 4.83. The van der Waals surface area contributed by atoms with E-state index in [4.69, 9.17) is 0 Å². The maximum Gasteiger partial charge on any atom is 0.348 e. The van der Waals surface area contributed by atoms with Crippen LogP contribution in [0.2, 0.25) is 0 Å². The highest BCUT2D eigenvalue weighted by Gasteiger charge is 2.45. The second kappa shape index (κ2) is 8.32. The highest BCUT2D eigenvalue weighted by Crippen LogP contribution is 2.27. The molecule has 0 heterocycles. The van der Waals surface area contributed by atoms with E-state index in [0.717, 1.165) is 3.57 Å². The zero-order chi connectivity index (χ0) is 17.1. The van der Waals surface area contributed by atoms with Crippen molar-refractivity contribution in [1.82, 2.24) is 0 Å². The maximum atomic E-state index is 13.5. The third-order valence-electron chi connectivity index (χ3n) is 2.31. The minimum atomic E-state index is -4.45. The second-order valence-electron chi connectivity index (χ2n) is 3.85. The van der Waals surface area contributed by atoms with Crippen LogP contribution >= 0.6 is 67.8 Å². The second-order valence-corrected chi connectivity index (χ2v) is 7.34. The molecule has 0 saturated carbocycles. The SMILES string of the molecule is CCOC(OC(=O)c1cc(I)cc(I)c1I)C(F)(F)C(=O)[O-]. The van der Waals surface area contributed by atoms with E-state index < -0.39 is 24.2 Å². The van der Waals surface area contributed by atoms with Crippen LogP contribution in [0.3, 0.4) is 0 Å². The molecular formula is C12H8F2I3O5-. The van der Waals surface area contributed by atoms with Crippen molar-refractivity contribution in [3.05, 3.63) is 28.4 Å². The number of carbonyl (C=O) groups excluding carboxylic acids is 2. The summed E-state index contributed by atoms with van der Waals surface area (Å²) in [5, 5.41) is 10.5. The molecule has 0 fully saturated rings. The largest absolute Gasteiger partial charge is 0.544 e. The van der Waals surface area contributed by atoms with Gasteiger partial charge in [0, 0.05) is 17.3 Å². The number of alkyl halides is 2. The van der Waals surface area contributed by atoms with Crippen molar-refractivity contribution in [1.29, 1.82) is 0 Å². The maximum absolute atomic E-state index is 13.5. The average Bonchev–Trinajstić information content (AvgIpc) is 2.41. The quantitative estimate of drug-likeness (QED) is 0.205. The fourth-order valence-electron chi connectivity index (χ4n) is 1.33. The van der Waals surface area contributed by atoms with E-state index in [9.17, 15) is 23.5 Å². The molecule has 0 aliphatic carbocycles. The van der Waals surface area contributed by atoms with Crippen LogP contribution in [0.25, 0.3) is 0 Å². The standard InChI is InChI=1S/C12H9F2I3O5/c1-2-21-11(12(13,14)10(19)20)22-9(18)6-3-5(15)4-7(16)8(6)17/h3-4,11H,2H2,1H3,(H,19,20)/p-1. The zero-order valence-corrected chi connectivity index (χ0v) is 17.3. The Labute approximate surface area is 165 Å². The summed E-state index contributed by atoms with van der Waals surface area (Å²) in [6.07, 6.45) is -2.55. The summed E-state index contributed by atoms with van der Waals surface area (Å²) in [5.41, 5.74) is 0.0516. The first-order valence-electron chi connectivity index (χ1n) is 5.67. The van der Waals surface area contributed by atoms with Gasteiger partial charge in [-0.2, -0.15) is 8.78 Å². The number of halogens is 5. The molecule has 5 nitrogen and oxygen atoms in total. The first kappa shape index (κ1) is 20.2. The first-order valence-corrected chi connectivity index (χ1v) is 8.91. The van der Waals surface area contributed by atoms with Crippen LogP contribution in [0.15, 0.2) is 12.1 Å². The normalized spacial score (nSPS) is 12.8. The molecule has 1 rings (SSSR count). The lowest BCUT2D eigenvalue weighted by Crippen LogP contribution is -2.52. The Kier molecular flexibility index (Phi) is 7.65. The highest BCUT2D eigenvalue weighted by atomic mass is 127. The first-order chi connectivity index (χ1) is 10.1. The van der Waals surface area contributed by atoms with Gasteiger partial charge in [0.25, 0.3) is 6.29 Å². The van der Waals surface area contributed by atoms with E-state index in [0.29, 0.717) is 7.14 Å². The molecule has 0 bridgehead atoms. The fraction of sp³-hybridized carbons (Fsp3) is 0.333. The van der Waals surface area contributed by atoms with Crippen molar-refractivity contribution in [2.24, 2.45) is 0 Å². The number of carboxylic acids is 1. The Morgan fingerprint density at radius 1 is 1.32 bits per heavy atom. The Morgan fingerprint density at radius 2 is 1.91 bits per heavy atom. The molecule has 0 spiro atoms. The zero-order valence-electron chi connectivity index (χ0n) is 10.9. The van der Waals surface area contributed by atoms with Crippen molar-refractivity contribution in [3.63, 3.8) is 0 Å². The van der Waals surface area contributed by atoms with Gasteiger partial charge < -0.3 is 19.4 Å². The van der Waals surface area contributed by atoms with E-state index in [-0.39, 0.29) is 12.2 Å². The van der Waals surface area contributed by atoms with E-state index in [1.54, 1.807) is 6.07 Å². The van der Waals surface area contributed by atoms with Crippen molar-refractivity contribution < 1.29 is 33.0 Å². The van der Waals surface area contributed by atoms with Crippen molar-refractivity contribution in [3.8, 4) is 0 Å². The molecule has 0 aliphatic rings. The van der Waals surface area contributed by atoms with Crippen LogP contribution in [0.5, 0.6) is 0 Å². The number of benzene rings is 1. The lowest BCUT2D eigenvalue weighted by molar-refractivity contribution is -0.348. The fourth-order valence-corrected chi connectivity index (χ4v) is 3.70. The molecule has 0 radical (unpaired) electrons. The van der Waals surface area contributed by atoms with E-state index >= 15 is 0 Å². The van der Waals surface area contributed by atoms with Gasteiger partial charge in [-0.3, -0.25) is 0 Å². The van der Waals surface area contributed by atoms with Gasteiger partial charge in [-0.05, 0) is 86.8 Å². The number of carboxylic acid groups (broad SMARTS) is 1. The molecule has 122 valence electrons. The lowest BCUT2D eigenvalue weighted by Gasteiger charge is -2.26. The smallest absolute Gasteiger partial charge is 0.348 e. The summed E-state index contributed by atoms with van der Waals surface area (Å²) in [6, 6.07) is 3.24. The number of aliphatic carboxylic acids is 1.